The Morgan fingerprint density at radius 2 is 1.41 bits per heavy atom. The Labute approximate surface area is 420 Å². The summed E-state index contributed by atoms with van der Waals surface area (Å²) in [5.41, 5.74) is 9.36. The Morgan fingerprint density at radius 1 is 0.781 bits per heavy atom. The van der Waals surface area contributed by atoms with E-state index in [0.29, 0.717) is 30.5 Å². The lowest BCUT2D eigenvalue weighted by Gasteiger charge is -2.38. The van der Waals surface area contributed by atoms with Crippen LogP contribution >= 0.6 is 0 Å². The minimum Gasteiger partial charge on any atom is -0.481 e. The van der Waals surface area contributed by atoms with Crippen LogP contribution in [0.5, 0.6) is 0 Å². The lowest BCUT2D eigenvalue weighted by atomic mass is 9.98. The van der Waals surface area contributed by atoms with Crippen LogP contribution in [-0.2, 0) is 62.4 Å². The van der Waals surface area contributed by atoms with Crippen LogP contribution in [0.1, 0.15) is 88.5 Å². The number of hydrogen-bond acceptors (Lipinski definition) is 10. The molecule has 2 aliphatic rings. The molecule has 7 atom stereocenters. The predicted octanol–water partition coefficient (Wildman–Crippen LogP) is 1.37. The van der Waals surface area contributed by atoms with Gasteiger partial charge in [0.2, 0.25) is 47.3 Å². The molecule has 0 unspecified atom stereocenters. The number of carbonyl (C=O) groups excluding carboxylic acids is 8. The molecule has 2 aromatic carbocycles. The third kappa shape index (κ3) is 13.1. The quantitative estimate of drug-likeness (QED) is 0.0758. The van der Waals surface area contributed by atoms with Gasteiger partial charge >= 0.3 is 5.97 Å². The molecule has 0 radical (unpaired) electrons. The fourth-order valence-electron chi connectivity index (χ4n) is 9.90. The number of aromatic amines is 3. The SMILES string of the molecule is CCCC[C@H](NC(C)=O)C(=O)N1[C@H](C(N)=O)CCCCNC(=O)[C@H](Cc2c[nH]c3ccccc23)NC(=O)[C@@H]2CCCN2C(=O)[C@@H](Cc2c[nH]c3ccccc23)NC(=O)[C@H](Cc2cnc[nH]2)NC(=O)[C@@H]1CC(=O)O. The van der Waals surface area contributed by atoms with E-state index < -0.39 is 102 Å². The van der Waals surface area contributed by atoms with Crippen molar-refractivity contribution in [2.75, 3.05) is 13.1 Å². The molecule has 8 amide bonds. The maximum Gasteiger partial charge on any atom is 0.305 e. The molecule has 3 aromatic heterocycles. The van der Waals surface area contributed by atoms with E-state index in [1.807, 2.05) is 55.5 Å². The molecule has 5 aromatic rings. The fourth-order valence-corrected chi connectivity index (χ4v) is 9.90. The van der Waals surface area contributed by atoms with Crippen molar-refractivity contribution in [2.24, 2.45) is 5.73 Å². The Hall–Kier alpha value is -8.04. The molecule has 22 heteroatoms. The van der Waals surface area contributed by atoms with E-state index in [1.54, 1.807) is 12.4 Å². The number of unbranched alkanes of at least 4 members (excludes halogenated alkanes) is 1. The normalized spacial score (nSPS) is 22.4. The number of imidazole rings is 1. The molecule has 0 aliphatic carbocycles. The number of carboxylic acid groups (broad SMARTS) is 1. The first kappa shape index (κ1) is 52.8. The number of carbonyl (C=O) groups is 9. The maximum atomic E-state index is 15.1. The maximum absolute atomic E-state index is 15.1. The van der Waals surface area contributed by atoms with Gasteiger partial charge < -0.3 is 62.2 Å². The average molecular weight is 1010 g/mol. The number of nitrogens with one attached hydrogen (secondary N) is 8. The fraction of sp³-hybridized carbons (Fsp3) is 0.451. The third-order valence-electron chi connectivity index (χ3n) is 13.5. The van der Waals surface area contributed by atoms with Crippen LogP contribution < -0.4 is 32.3 Å². The lowest BCUT2D eigenvalue weighted by molar-refractivity contribution is -0.154. The van der Waals surface area contributed by atoms with E-state index in [-0.39, 0.29) is 64.5 Å². The van der Waals surface area contributed by atoms with E-state index >= 15 is 4.79 Å². The molecule has 0 spiro atoms. The second-order valence-corrected chi connectivity index (χ2v) is 18.7. The molecule has 22 nitrogen and oxygen atoms in total. The van der Waals surface area contributed by atoms with Crippen molar-refractivity contribution in [1.29, 1.82) is 0 Å². The summed E-state index contributed by atoms with van der Waals surface area (Å²) in [7, 11) is 0. The zero-order chi connectivity index (χ0) is 52.2. The number of para-hydroxylation sites is 2. The lowest BCUT2D eigenvalue weighted by Crippen LogP contribution is -2.64. The van der Waals surface area contributed by atoms with Crippen molar-refractivity contribution in [2.45, 2.75) is 133 Å². The summed E-state index contributed by atoms with van der Waals surface area (Å²) in [6.45, 7) is 3.21. The smallest absolute Gasteiger partial charge is 0.305 e. The highest BCUT2D eigenvalue weighted by atomic mass is 16.4. The molecule has 11 N–H and O–H groups in total. The number of aromatic nitrogens is 4. The van der Waals surface area contributed by atoms with Crippen LogP contribution in [-0.4, -0.2) is 143 Å². The van der Waals surface area contributed by atoms with Crippen molar-refractivity contribution in [3.05, 3.63) is 90.3 Å². The minimum absolute atomic E-state index is 0.0230. The summed E-state index contributed by atoms with van der Waals surface area (Å²) >= 11 is 0. The number of primary amides is 1. The van der Waals surface area contributed by atoms with Gasteiger partial charge in [-0.15, -0.1) is 0 Å². The molecule has 73 heavy (non-hydrogen) atoms. The van der Waals surface area contributed by atoms with Crippen LogP contribution in [0.25, 0.3) is 21.8 Å². The summed E-state index contributed by atoms with van der Waals surface area (Å²) in [6, 6.07) is 4.88. The van der Waals surface area contributed by atoms with Crippen molar-refractivity contribution >= 4 is 75.0 Å². The number of benzene rings is 2. The number of rotatable bonds is 14. The number of carboxylic acids is 1. The van der Waals surface area contributed by atoms with E-state index in [1.165, 1.54) is 24.3 Å². The van der Waals surface area contributed by atoms with Gasteiger partial charge in [-0.1, -0.05) is 56.2 Å². The van der Waals surface area contributed by atoms with Crippen molar-refractivity contribution in [3.63, 3.8) is 0 Å². The van der Waals surface area contributed by atoms with Crippen molar-refractivity contribution in [3.8, 4) is 0 Å². The second kappa shape index (κ2) is 24.4. The number of nitrogens with two attached hydrogens (primary N) is 1. The first-order chi connectivity index (χ1) is 35.1. The largest absolute Gasteiger partial charge is 0.481 e. The zero-order valence-electron chi connectivity index (χ0n) is 40.9. The number of amides is 8. The molecule has 388 valence electrons. The summed E-state index contributed by atoms with van der Waals surface area (Å²) in [5, 5.41) is 25.8. The molecular weight excluding hydrogens is 941 g/mol. The third-order valence-corrected chi connectivity index (χ3v) is 13.5. The second-order valence-electron chi connectivity index (χ2n) is 18.7. The zero-order valence-corrected chi connectivity index (χ0v) is 40.9. The summed E-state index contributed by atoms with van der Waals surface area (Å²) in [4.78, 5) is 143. The van der Waals surface area contributed by atoms with Gasteiger partial charge in [0.05, 0.1) is 12.7 Å². The predicted molar refractivity (Wildman–Crippen MR) is 267 cm³/mol. The van der Waals surface area contributed by atoms with Gasteiger partial charge in [-0.3, -0.25) is 43.2 Å². The molecule has 0 saturated carbocycles. The van der Waals surface area contributed by atoms with E-state index in [2.05, 4.69) is 46.5 Å². The molecule has 2 saturated heterocycles. The number of fused-ring (bicyclic) bond motifs is 3. The summed E-state index contributed by atoms with van der Waals surface area (Å²) in [5.74, 6) is -7.93. The topological polar surface area (TPSA) is 327 Å². The first-order valence-corrected chi connectivity index (χ1v) is 24.8. The van der Waals surface area contributed by atoms with Crippen LogP contribution in [0, 0.1) is 0 Å². The Balaban J connectivity index is 1.32. The first-order valence-electron chi connectivity index (χ1n) is 24.8. The molecule has 5 heterocycles. The van der Waals surface area contributed by atoms with Gasteiger partial charge in [0, 0.05) is 85.4 Å². The number of nitrogens with zero attached hydrogens (tertiary/aromatic N) is 3. The molecule has 2 fully saturated rings. The van der Waals surface area contributed by atoms with E-state index in [4.69, 9.17) is 5.73 Å². The summed E-state index contributed by atoms with van der Waals surface area (Å²) < 4.78 is 0. The molecule has 0 bridgehead atoms. The minimum atomic E-state index is -1.97. The van der Waals surface area contributed by atoms with Gasteiger partial charge in [0.15, 0.2) is 0 Å². The van der Waals surface area contributed by atoms with Gasteiger partial charge in [-0.05, 0) is 61.8 Å². The molecule has 7 rings (SSSR count). The number of hydrogen-bond donors (Lipinski definition) is 10. The van der Waals surface area contributed by atoms with Gasteiger partial charge in [-0.25, -0.2) is 4.98 Å². The molecule has 2 aliphatic heterocycles. The van der Waals surface area contributed by atoms with E-state index in [0.717, 1.165) is 32.3 Å². The monoisotopic (exact) mass is 1000 g/mol. The van der Waals surface area contributed by atoms with Crippen LogP contribution in [0.15, 0.2) is 73.4 Å². The number of H-pyrrole nitrogens is 3. The molecular formula is C51H64N12O10. The number of aliphatic carboxylic acids is 1. The van der Waals surface area contributed by atoms with Crippen LogP contribution in [0.4, 0.5) is 0 Å². The van der Waals surface area contributed by atoms with Crippen molar-refractivity contribution < 1.29 is 48.3 Å². The van der Waals surface area contributed by atoms with Crippen molar-refractivity contribution in [1.82, 2.24) is 56.3 Å². The highest BCUT2D eigenvalue weighted by Gasteiger charge is 2.44. The van der Waals surface area contributed by atoms with Crippen LogP contribution in [0.3, 0.4) is 0 Å². The Morgan fingerprint density at radius 3 is 2.03 bits per heavy atom. The van der Waals surface area contributed by atoms with E-state index in [9.17, 15) is 43.5 Å². The summed E-state index contributed by atoms with van der Waals surface area (Å²) in [6.07, 6.45) is 6.78. The standard InChI is InChI=1S/C51H64N12O10/c1-3-4-14-37(58-29(2)64)51(73)63-41(45(52)67)17-9-10-19-54-46(68)38(21-30-25-55-35-15-7-5-12-33(30)35)59-48(70)42-18-11-20-62(42)50(72)40(22-31-26-56-36-16-8-6-13-34(31)36)61-47(69)39(23-32-27-53-28-57-32)60-49(71)43(63)24-44(65)66/h5-8,12-13,15-16,25-28,37-43,55-56H,3-4,9-11,14,17-24H2,1-2H3,(H2,52,67)(H,53,57)(H,54,68)(H,58,64)(H,59,70)(H,60,71)(H,61,69)(H,65,66)/t37-,38-,39-,40+,41-,42-,43-/m0/s1. The van der Waals surface area contributed by atoms with Gasteiger partial charge in [0.1, 0.15) is 42.3 Å². The van der Waals surface area contributed by atoms with Gasteiger partial charge in [0.25, 0.3) is 0 Å². The Kier molecular flexibility index (Phi) is 17.6. The average Bonchev–Trinajstić information content (AvgIpc) is 4.21. The van der Waals surface area contributed by atoms with Crippen LogP contribution in [0.2, 0.25) is 0 Å². The van der Waals surface area contributed by atoms with Gasteiger partial charge in [-0.2, -0.15) is 0 Å². The Bertz CT molecular complexity index is 2810. The highest BCUT2D eigenvalue weighted by Crippen LogP contribution is 2.26. The highest BCUT2D eigenvalue weighted by molar-refractivity contribution is 6.00.